The number of nitrogens with zero attached hydrogens (tertiary/aromatic N) is 2. The highest BCUT2D eigenvalue weighted by Gasteiger charge is 2.47. The largest absolute Gasteiger partial charge is 0.410 e. The molecule has 1 aliphatic carbocycles. The van der Waals surface area contributed by atoms with E-state index in [9.17, 15) is 22.8 Å². The lowest BCUT2D eigenvalue weighted by Crippen LogP contribution is -2.35. The summed E-state index contributed by atoms with van der Waals surface area (Å²) in [5.74, 6) is -1.30. The molecule has 2 atom stereocenters. The zero-order valence-electron chi connectivity index (χ0n) is 18.3. The summed E-state index contributed by atoms with van der Waals surface area (Å²) in [6.07, 6.45) is -1.47. The summed E-state index contributed by atoms with van der Waals surface area (Å²) < 4.78 is 43.0. The topological polar surface area (TPSA) is 102 Å². The predicted octanol–water partition coefficient (Wildman–Crippen LogP) is 5.60. The number of nitrogens with two attached hydrogens (primary N) is 1. The van der Waals surface area contributed by atoms with E-state index in [-0.39, 0.29) is 28.0 Å². The summed E-state index contributed by atoms with van der Waals surface area (Å²) in [5, 5.41) is 10.1. The van der Waals surface area contributed by atoms with Crippen molar-refractivity contribution in [3.63, 3.8) is 0 Å². The third kappa shape index (κ3) is 4.33. The van der Waals surface area contributed by atoms with Crippen molar-refractivity contribution in [1.29, 1.82) is 0 Å². The lowest BCUT2D eigenvalue weighted by molar-refractivity contribution is -0.173. The number of hydrogen-bond donors (Lipinski definition) is 3. The molecule has 12 heteroatoms. The highest BCUT2D eigenvalue weighted by atomic mass is 79.9. The van der Waals surface area contributed by atoms with E-state index in [4.69, 9.17) is 5.73 Å². The van der Waals surface area contributed by atoms with Crippen LogP contribution in [0, 0.1) is 0 Å². The maximum absolute atomic E-state index is 14.0. The Labute approximate surface area is 211 Å². The van der Waals surface area contributed by atoms with Gasteiger partial charge in [-0.1, -0.05) is 30.3 Å². The molecular weight excluding hydrogens is 547 g/mol. The lowest BCUT2D eigenvalue weighted by atomic mass is 9.95. The molecule has 2 aliphatic rings. The number of nitrogens with one attached hydrogen (secondary N) is 2. The van der Waals surface area contributed by atoms with E-state index in [2.05, 4.69) is 31.7 Å². The smallest absolute Gasteiger partial charge is 0.365 e. The molecule has 0 saturated heterocycles. The molecule has 4 N–H and O–H groups in total. The van der Waals surface area contributed by atoms with Gasteiger partial charge in [0.15, 0.2) is 11.7 Å². The van der Waals surface area contributed by atoms with E-state index < -0.39 is 30.1 Å². The van der Waals surface area contributed by atoms with Crippen molar-refractivity contribution in [2.75, 3.05) is 10.6 Å². The molecule has 3 heterocycles. The Morgan fingerprint density at radius 2 is 1.91 bits per heavy atom. The molecule has 7 nitrogen and oxygen atoms in total. The van der Waals surface area contributed by atoms with Crippen LogP contribution in [0.15, 0.2) is 34.8 Å². The minimum atomic E-state index is -4.57. The van der Waals surface area contributed by atoms with Crippen LogP contribution in [0.4, 0.5) is 24.0 Å². The number of aromatic nitrogens is 2. The molecule has 0 spiro atoms. The number of aryl methyl sites for hydroxylation is 1. The van der Waals surface area contributed by atoms with E-state index in [0.29, 0.717) is 17.0 Å². The second-order valence-corrected chi connectivity index (χ2v) is 10.5. The molecule has 0 unspecified atom stereocenters. The van der Waals surface area contributed by atoms with Crippen molar-refractivity contribution in [2.45, 2.75) is 50.4 Å². The van der Waals surface area contributed by atoms with Crippen molar-refractivity contribution in [3.8, 4) is 0 Å². The number of fused-ring (bicyclic) bond motifs is 2. The first-order valence-corrected chi connectivity index (χ1v) is 12.7. The number of primary amides is 1. The van der Waals surface area contributed by atoms with Crippen LogP contribution in [0.3, 0.4) is 0 Å². The fourth-order valence-electron chi connectivity index (χ4n) is 4.72. The molecule has 0 radical (unpaired) electrons. The molecule has 1 aliphatic heterocycles. The van der Waals surface area contributed by atoms with Crippen LogP contribution in [0.2, 0.25) is 0 Å². The third-order valence-electron chi connectivity index (χ3n) is 6.36. The third-order valence-corrected chi connectivity index (χ3v) is 8.32. The minimum Gasteiger partial charge on any atom is -0.365 e. The molecule has 0 saturated carbocycles. The molecule has 2 aromatic heterocycles. The van der Waals surface area contributed by atoms with Gasteiger partial charge in [0.2, 0.25) is 0 Å². The van der Waals surface area contributed by atoms with Crippen molar-refractivity contribution in [3.05, 3.63) is 62.1 Å². The van der Waals surface area contributed by atoms with Gasteiger partial charge in [-0.05, 0) is 52.7 Å². The monoisotopic (exact) mass is 567 g/mol. The number of carbonyl (C=O) groups excluding carboxylic acids is 2. The SMILES string of the molecule is NC(=O)c1c(NC(=O)c2nn3c(c2Br)N[C@H](c2ccccc2)C[C@@H]3C(F)(F)F)sc2c1CCCC2. The molecule has 0 fully saturated rings. The van der Waals surface area contributed by atoms with Crippen LogP contribution in [-0.4, -0.2) is 27.8 Å². The number of rotatable bonds is 4. The Balaban J connectivity index is 1.50. The van der Waals surface area contributed by atoms with E-state index in [0.717, 1.165) is 34.4 Å². The summed E-state index contributed by atoms with van der Waals surface area (Å²) in [5.41, 5.74) is 7.20. The number of carbonyl (C=O) groups is 2. The molecule has 184 valence electrons. The summed E-state index contributed by atoms with van der Waals surface area (Å²) >= 11 is 4.57. The summed E-state index contributed by atoms with van der Waals surface area (Å²) in [6, 6.07) is 6.28. The van der Waals surface area contributed by atoms with Gasteiger partial charge in [-0.3, -0.25) is 9.59 Å². The van der Waals surface area contributed by atoms with Crippen LogP contribution in [-0.2, 0) is 12.8 Å². The van der Waals surface area contributed by atoms with Gasteiger partial charge in [-0.25, -0.2) is 4.68 Å². The number of alkyl halides is 3. The van der Waals surface area contributed by atoms with E-state index in [1.54, 1.807) is 30.3 Å². The fraction of sp³-hybridized carbons (Fsp3) is 0.348. The Hall–Kier alpha value is -2.86. The quantitative estimate of drug-likeness (QED) is 0.382. The molecule has 5 rings (SSSR count). The van der Waals surface area contributed by atoms with Crippen molar-refractivity contribution < 1.29 is 22.8 Å². The Morgan fingerprint density at radius 3 is 2.60 bits per heavy atom. The predicted molar refractivity (Wildman–Crippen MR) is 130 cm³/mol. The van der Waals surface area contributed by atoms with Crippen molar-refractivity contribution >= 4 is 49.9 Å². The van der Waals surface area contributed by atoms with Gasteiger partial charge in [-0.15, -0.1) is 11.3 Å². The van der Waals surface area contributed by atoms with Gasteiger partial charge in [0, 0.05) is 11.3 Å². The number of hydrogen-bond acceptors (Lipinski definition) is 5. The highest BCUT2D eigenvalue weighted by Crippen LogP contribution is 2.46. The first kappa shape index (κ1) is 23.9. The first-order valence-electron chi connectivity index (χ1n) is 11.1. The molecule has 35 heavy (non-hydrogen) atoms. The van der Waals surface area contributed by atoms with E-state index in [1.807, 2.05) is 0 Å². The van der Waals surface area contributed by atoms with Gasteiger partial charge in [0.25, 0.3) is 11.8 Å². The fourth-order valence-corrected chi connectivity index (χ4v) is 6.56. The van der Waals surface area contributed by atoms with Gasteiger partial charge < -0.3 is 16.4 Å². The average Bonchev–Trinajstić information content (AvgIpc) is 3.35. The molecular formula is C23H21BrF3N5O2S. The molecule has 2 amide bonds. The van der Waals surface area contributed by atoms with Crippen molar-refractivity contribution in [2.24, 2.45) is 5.73 Å². The average molecular weight is 568 g/mol. The van der Waals surface area contributed by atoms with Crippen LogP contribution in [0.1, 0.15) is 68.2 Å². The number of thiophene rings is 1. The minimum absolute atomic E-state index is 0.0678. The maximum Gasteiger partial charge on any atom is 0.410 e. The van der Waals surface area contributed by atoms with E-state index in [1.165, 1.54) is 11.3 Å². The standard InChI is InChI=1S/C23H21BrF3N5O2S/c24-17-18(21(34)30-22-16(19(28)33)12-8-4-5-9-14(12)35-22)31-32-15(23(25,26)27)10-13(29-20(17)32)11-6-2-1-3-7-11/h1-3,6-7,13,15,29H,4-5,8-10H2,(H2,28,33)(H,30,34)/t13-,15+/m0/s1. The van der Waals surface area contributed by atoms with E-state index >= 15 is 0 Å². The highest BCUT2D eigenvalue weighted by molar-refractivity contribution is 9.10. The molecule has 3 aromatic rings. The number of halogens is 4. The van der Waals surface area contributed by atoms with Crippen molar-refractivity contribution in [1.82, 2.24) is 9.78 Å². The second-order valence-electron chi connectivity index (χ2n) is 8.59. The normalized spacial score (nSPS) is 19.4. The van der Waals surface area contributed by atoms with Crippen LogP contribution in [0.25, 0.3) is 0 Å². The van der Waals surface area contributed by atoms with Gasteiger partial charge in [0.1, 0.15) is 10.8 Å². The second kappa shape index (κ2) is 8.98. The molecule has 1 aromatic carbocycles. The van der Waals surface area contributed by atoms with Crippen LogP contribution >= 0.6 is 27.3 Å². The zero-order valence-corrected chi connectivity index (χ0v) is 20.7. The van der Waals surface area contributed by atoms with Gasteiger partial charge in [-0.2, -0.15) is 18.3 Å². The Bertz CT molecular complexity index is 1300. The Kier molecular flexibility index (Phi) is 6.12. The number of amides is 2. The summed E-state index contributed by atoms with van der Waals surface area (Å²) in [7, 11) is 0. The summed E-state index contributed by atoms with van der Waals surface area (Å²) in [6.45, 7) is 0. The number of benzene rings is 1. The van der Waals surface area contributed by atoms with Crippen LogP contribution < -0.4 is 16.4 Å². The zero-order chi connectivity index (χ0) is 24.9. The van der Waals surface area contributed by atoms with Gasteiger partial charge >= 0.3 is 6.18 Å². The van der Waals surface area contributed by atoms with Crippen LogP contribution in [0.5, 0.6) is 0 Å². The lowest BCUT2D eigenvalue weighted by Gasteiger charge is -2.33. The Morgan fingerprint density at radius 1 is 1.20 bits per heavy atom. The summed E-state index contributed by atoms with van der Waals surface area (Å²) in [4.78, 5) is 26.3. The maximum atomic E-state index is 14.0. The number of anilines is 2. The first-order chi connectivity index (χ1) is 16.6. The molecule has 0 bridgehead atoms. The van der Waals surface area contributed by atoms with Gasteiger partial charge in [0.05, 0.1) is 16.1 Å².